The summed E-state index contributed by atoms with van der Waals surface area (Å²) in [6, 6.07) is 0.500. The van der Waals surface area contributed by atoms with Crippen molar-refractivity contribution in [2.24, 2.45) is 0 Å². The van der Waals surface area contributed by atoms with Crippen molar-refractivity contribution in [3.8, 4) is 0 Å². The molecule has 0 spiro atoms. The Morgan fingerprint density at radius 1 is 1.53 bits per heavy atom. The Balaban J connectivity index is 2.05. The summed E-state index contributed by atoms with van der Waals surface area (Å²) in [5, 5.41) is 14.3. The van der Waals surface area contributed by atoms with Crippen LogP contribution in [0.5, 0.6) is 0 Å². The van der Waals surface area contributed by atoms with E-state index >= 15 is 0 Å². The highest BCUT2D eigenvalue weighted by atomic mass is 79.9. The Labute approximate surface area is 115 Å². The first-order valence-corrected chi connectivity index (χ1v) is 7.58. The van der Waals surface area contributed by atoms with Gasteiger partial charge in [0.2, 0.25) is 0 Å². The predicted octanol–water partition coefficient (Wildman–Crippen LogP) is 2.65. The number of ether oxygens (including phenoxy) is 1. The lowest BCUT2D eigenvalue weighted by Gasteiger charge is -2.37. The van der Waals surface area contributed by atoms with Crippen LogP contribution in [0.25, 0.3) is 0 Å². The number of hydrogen-bond donors (Lipinski definition) is 1. The molecule has 1 N–H and O–H groups in total. The molecule has 0 radical (unpaired) electrons. The Morgan fingerprint density at radius 2 is 2.29 bits per heavy atom. The topological polar surface area (TPSA) is 32.7 Å². The van der Waals surface area contributed by atoms with Gasteiger partial charge in [-0.3, -0.25) is 4.90 Å². The summed E-state index contributed by atoms with van der Waals surface area (Å²) in [5.41, 5.74) is 0.936. The van der Waals surface area contributed by atoms with E-state index in [1.165, 1.54) is 0 Å². The Bertz CT molecular complexity index is 369. The predicted molar refractivity (Wildman–Crippen MR) is 73.4 cm³/mol. The lowest BCUT2D eigenvalue weighted by atomic mass is 10.1. The van der Waals surface area contributed by atoms with E-state index in [0.29, 0.717) is 12.6 Å². The van der Waals surface area contributed by atoms with Gasteiger partial charge < -0.3 is 9.84 Å². The van der Waals surface area contributed by atoms with Gasteiger partial charge in [0.05, 0.1) is 6.61 Å². The number of halogens is 1. The average Bonchev–Trinajstić information content (AvgIpc) is 2.74. The second-order valence-corrected chi connectivity index (χ2v) is 6.22. The maximum absolute atomic E-state index is 10.3. The Morgan fingerprint density at radius 3 is 2.88 bits per heavy atom. The Kier molecular flexibility index (Phi) is 4.60. The van der Waals surface area contributed by atoms with Crippen LogP contribution in [0.15, 0.2) is 15.2 Å². The normalized spacial score (nSPS) is 24.2. The average molecular weight is 320 g/mol. The molecule has 1 aliphatic heterocycles. The molecule has 1 fully saturated rings. The number of aliphatic hydroxyl groups excluding tert-OH is 1. The van der Waals surface area contributed by atoms with Crippen molar-refractivity contribution in [3.05, 3.63) is 20.8 Å². The fourth-order valence-corrected chi connectivity index (χ4v) is 3.62. The molecule has 0 saturated carbocycles. The van der Waals surface area contributed by atoms with E-state index in [9.17, 15) is 5.11 Å². The lowest BCUT2D eigenvalue weighted by molar-refractivity contribution is -0.0962. The molecule has 0 aliphatic carbocycles. The van der Waals surface area contributed by atoms with Crippen LogP contribution in [0, 0.1) is 0 Å². The molecular formula is C12H18BrNO2S. The third-order valence-electron chi connectivity index (χ3n) is 3.17. The van der Waals surface area contributed by atoms with Crippen molar-refractivity contribution in [1.82, 2.24) is 4.90 Å². The van der Waals surface area contributed by atoms with Crippen molar-refractivity contribution < 1.29 is 9.84 Å². The van der Waals surface area contributed by atoms with Crippen LogP contribution in [0.4, 0.5) is 0 Å². The van der Waals surface area contributed by atoms with Gasteiger partial charge >= 0.3 is 0 Å². The van der Waals surface area contributed by atoms with Gasteiger partial charge in [0, 0.05) is 34.5 Å². The van der Waals surface area contributed by atoms with Crippen LogP contribution < -0.4 is 0 Å². The summed E-state index contributed by atoms with van der Waals surface area (Å²) >= 11 is 5.05. The minimum atomic E-state index is -0.544. The molecule has 1 aromatic rings. The number of hydrogen-bond acceptors (Lipinski definition) is 4. The first kappa shape index (κ1) is 13.5. The highest BCUT2D eigenvalue weighted by molar-refractivity contribution is 9.10. The minimum Gasteiger partial charge on any atom is -0.386 e. The SMILES string of the molecule is CC(C)N1CCOC(C(O)c2cscc2Br)C1. The van der Waals surface area contributed by atoms with E-state index in [1.54, 1.807) is 11.3 Å². The van der Waals surface area contributed by atoms with Crippen molar-refractivity contribution in [2.75, 3.05) is 19.7 Å². The number of aliphatic hydroxyl groups is 1. The van der Waals surface area contributed by atoms with Gasteiger partial charge in [0.25, 0.3) is 0 Å². The number of nitrogens with zero attached hydrogens (tertiary/aromatic N) is 1. The number of thiophene rings is 1. The second kappa shape index (κ2) is 5.80. The van der Waals surface area contributed by atoms with Gasteiger partial charge in [0.15, 0.2) is 0 Å². The van der Waals surface area contributed by atoms with Crippen LogP contribution in [0.1, 0.15) is 25.5 Å². The van der Waals surface area contributed by atoms with Crippen LogP contribution in [-0.4, -0.2) is 41.8 Å². The quantitative estimate of drug-likeness (QED) is 0.929. The summed E-state index contributed by atoms with van der Waals surface area (Å²) < 4.78 is 6.66. The molecule has 1 aliphatic rings. The molecule has 96 valence electrons. The monoisotopic (exact) mass is 319 g/mol. The zero-order chi connectivity index (χ0) is 12.4. The van der Waals surface area contributed by atoms with E-state index < -0.39 is 6.10 Å². The van der Waals surface area contributed by atoms with Gasteiger partial charge in [-0.1, -0.05) is 0 Å². The van der Waals surface area contributed by atoms with E-state index in [-0.39, 0.29) is 6.10 Å². The van der Waals surface area contributed by atoms with Crippen LogP contribution in [0.2, 0.25) is 0 Å². The minimum absolute atomic E-state index is 0.128. The summed E-state index contributed by atoms with van der Waals surface area (Å²) in [5.74, 6) is 0. The van der Waals surface area contributed by atoms with E-state index in [0.717, 1.165) is 23.1 Å². The van der Waals surface area contributed by atoms with Gasteiger partial charge in [-0.15, -0.1) is 0 Å². The number of rotatable bonds is 3. The third-order valence-corrected chi connectivity index (χ3v) is 4.92. The molecular weight excluding hydrogens is 302 g/mol. The standard InChI is InChI=1S/C12H18BrNO2S/c1-8(2)14-3-4-16-11(5-14)12(15)9-6-17-7-10(9)13/h6-8,11-12,15H,3-5H2,1-2H3. The van der Waals surface area contributed by atoms with Crippen molar-refractivity contribution in [2.45, 2.75) is 32.1 Å². The molecule has 17 heavy (non-hydrogen) atoms. The zero-order valence-electron chi connectivity index (χ0n) is 10.1. The highest BCUT2D eigenvalue weighted by Crippen LogP contribution is 2.31. The van der Waals surface area contributed by atoms with Gasteiger partial charge in [-0.05, 0) is 35.2 Å². The molecule has 3 nitrogen and oxygen atoms in total. The van der Waals surface area contributed by atoms with Crippen LogP contribution in [-0.2, 0) is 4.74 Å². The molecule has 2 atom stereocenters. The molecule has 5 heteroatoms. The first-order chi connectivity index (χ1) is 8.09. The molecule has 0 aromatic carbocycles. The molecule has 0 amide bonds. The van der Waals surface area contributed by atoms with Crippen LogP contribution >= 0.6 is 27.3 Å². The zero-order valence-corrected chi connectivity index (χ0v) is 12.5. The van der Waals surface area contributed by atoms with Crippen molar-refractivity contribution in [3.63, 3.8) is 0 Å². The molecule has 2 heterocycles. The Hall–Kier alpha value is 0.0600. The van der Waals surface area contributed by atoms with E-state index in [1.807, 2.05) is 10.8 Å². The highest BCUT2D eigenvalue weighted by Gasteiger charge is 2.30. The van der Waals surface area contributed by atoms with Crippen molar-refractivity contribution in [1.29, 1.82) is 0 Å². The van der Waals surface area contributed by atoms with Gasteiger partial charge in [-0.25, -0.2) is 0 Å². The van der Waals surface area contributed by atoms with E-state index in [4.69, 9.17) is 4.74 Å². The van der Waals surface area contributed by atoms with Crippen LogP contribution in [0.3, 0.4) is 0 Å². The summed E-state index contributed by atoms with van der Waals surface area (Å²) in [4.78, 5) is 2.34. The van der Waals surface area contributed by atoms with E-state index in [2.05, 4.69) is 34.7 Å². The third kappa shape index (κ3) is 3.09. The fourth-order valence-electron chi connectivity index (χ4n) is 2.06. The largest absolute Gasteiger partial charge is 0.386 e. The summed E-state index contributed by atoms with van der Waals surface area (Å²) in [7, 11) is 0. The fraction of sp³-hybridized carbons (Fsp3) is 0.667. The lowest BCUT2D eigenvalue weighted by Crippen LogP contribution is -2.47. The smallest absolute Gasteiger partial charge is 0.108 e. The molecule has 2 rings (SSSR count). The first-order valence-electron chi connectivity index (χ1n) is 5.85. The van der Waals surface area contributed by atoms with Gasteiger partial charge in [-0.2, -0.15) is 11.3 Å². The molecule has 1 saturated heterocycles. The summed E-state index contributed by atoms with van der Waals surface area (Å²) in [6.07, 6.45) is -0.672. The molecule has 1 aromatic heterocycles. The number of morpholine rings is 1. The maximum Gasteiger partial charge on any atom is 0.108 e. The van der Waals surface area contributed by atoms with Crippen molar-refractivity contribution >= 4 is 27.3 Å². The maximum atomic E-state index is 10.3. The van der Waals surface area contributed by atoms with Gasteiger partial charge in [0.1, 0.15) is 12.2 Å². The second-order valence-electron chi connectivity index (χ2n) is 4.62. The summed E-state index contributed by atoms with van der Waals surface area (Å²) in [6.45, 7) is 6.79. The molecule has 0 bridgehead atoms. The molecule has 2 unspecified atom stereocenters.